The van der Waals surface area contributed by atoms with Crippen molar-refractivity contribution in [3.63, 3.8) is 0 Å². The van der Waals surface area contributed by atoms with Crippen molar-refractivity contribution in [2.24, 2.45) is 11.1 Å². The average Bonchev–Trinajstić information content (AvgIpc) is 2.46. The van der Waals surface area contributed by atoms with Crippen LogP contribution in [0.15, 0.2) is 0 Å². The molecule has 1 rings (SSSR count). The maximum atomic E-state index is 12.9. The Balaban J connectivity index is 2.79. The number of nitrogens with zero attached hydrogens (tertiary/aromatic N) is 1. The molecule has 112 valence electrons. The maximum Gasteiger partial charge on any atom is 0.230 e. The van der Waals surface area contributed by atoms with Gasteiger partial charge in [0, 0.05) is 19.6 Å². The zero-order valence-electron chi connectivity index (χ0n) is 12.8. The lowest BCUT2D eigenvalue weighted by Crippen LogP contribution is -2.53. The van der Waals surface area contributed by atoms with Crippen LogP contribution in [0.4, 0.5) is 0 Å². The molecule has 1 heterocycles. The number of carbonyl (C=O) groups excluding carboxylic acids is 1. The molecule has 1 unspecified atom stereocenters. The summed E-state index contributed by atoms with van der Waals surface area (Å²) in [6, 6.07) is 0. The van der Waals surface area contributed by atoms with Crippen molar-refractivity contribution in [2.75, 3.05) is 26.2 Å². The fourth-order valence-electron chi connectivity index (χ4n) is 3.07. The van der Waals surface area contributed by atoms with Crippen LogP contribution in [0, 0.1) is 5.41 Å². The van der Waals surface area contributed by atoms with E-state index in [1.165, 1.54) is 0 Å². The summed E-state index contributed by atoms with van der Waals surface area (Å²) in [4.78, 5) is 14.9. The van der Waals surface area contributed by atoms with Crippen LogP contribution >= 0.6 is 0 Å². The molecule has 1 aliphatic rings. The molecule has 0 saturated carbocycles. The molecule has 1 atom stereocenters. The Kier molecular flexibility index (Phi) is 6.80. The van der Waals surface area contributed by atoms with Crippen LogP contribution in [0.5, 0.6) is 0 Å². The van der Waals surface area contributed by atoms with Gasteiger partial charge >= 0.3 is 0 Å². The number of ether oxygens (including phenoxy) is 1. The highest BCUT2D eigenvalue weighted by Gasteiger charge is 2.39. The molecule has 0 aromatic carbocycles. The lowest BCUT2D eigenvalue weighted by molar-refractivity contribution is -0.150. The summed E-state index contributed by atoms with van der Waals surface area (Å²) < 4.78 is 5.65. The van der Waals surface area contributed by atoms with Gasteiger partial charge in [-0.25, -0.2) is 0 Å². The molecular formula is C15H30N2O2. The van der Waals surface area contributed by atoms with Gasteiger partial charge in [0.15, 0.2) is 0 Å². The summed E-state index contributed by atoms with van der Waals surface area (Å²) in [5.41, 5.74) is 5.63. The van der Waals surface area contributed by atoms with Gasteiger partial charge in [0.25, 0.3) is 0 Å². The lowest BCUT2D eigenvalue weighted by Gasteiger charge is -2.40. The van der Waals surface area contributed by atoms with E-state index in [1.54, 1.807) is 0 Å². The minimum absolute atomic E-state index is 0.191. The molecule has 1 aliphatic heterocycles. The third-order valence-electron chi connectivity index (χ3n) is 4.18. The van der Waals surface area contributed by atoms with E-state index in [-0.39, 0.29) is 17.4 Å². The third kappa shape index (κ3) is 3.93. The van der Waals surface area contributed by atoms with Crippen LogP contribution in [-0.2, 0) is 9.53 Å². The van der Waals surface area contributed by atoms with Gasteiger partial charge in [-0.2, -0.15) is 0 Å². The predicted molar refractivity (Wildman–Crippen MR) is 77.9 cm³/mol. The molecule has 0 radical (unpaired) electrons. The van der Waals surface area contributed by atoms with Crippen LogP contribution in [0.1, 0.15) is 52.9 Å². The van der Waals surface area contributed by atoms with Gasteiger partial charge in [0.1, 0.15) is 0 Å². The average molecular weight is 270 g/mol. The summed E-state index contributed by atoms with van der Waals surface area (Å²) in [6.45, 7) is 8.91. The summed E-state index contributed by atoms with van der Waals surface area (Å²) in [5.74, 6) is 0.250. The largest absolute Gasteiger partial charge is 0.375 e. The van der Waals surface area contributed by atoms with E-state index in [0.29, 0.717) is 19.7 Å². The van der Waals surface area contributed by atoms with E-state index in [1.807, 2.05) is 4.90 Å². The van der Waals surface area contributed by atoms with Gasteiger partial charge < -0.3 is 15.4 Å². The molecule has 1 amide bonds. The Hall–Kier alpha value is -0.610. The SMILES string of the molecule is CCCC(CN)(CCC)C(=O)N1CCOC(CC)C1. The minimum Gasteiger partial charge on any atom is -0.375 e. The number of carbonyl (C=O) groups is 1. The van der Waals surface area contributed by atoms with Crippen LogP contribution < -0.4 is 5.73 Å². The van der Waals surface area contributed by atoms with E-state index >= 15 is 0 Å². The molecule has 1 saturated heterocycles. The Bertz CT molecular complexity index is 275. The van der Waals surface area contributed by atoms with Crippen LogP contribution in [-0.4, -0.2) is 43.2 Å². The van der Waals surface area contributed by atoms with Crippen molar-refractivity contribution in [2.45, 2.75) is 59.0 Å². The highest BCUT2D eigenvalue weighted by Crippen LogP contribution is 2.32. The van der Waals surface area contributed by atoms with Gasteiger partial charge in [0.2, 0.25) is 5.91 Å². The third-order valence-corrected chi connectivity index (χ3v) is 4.18. The molecule has 4 heteroatoms. The molecular weight excluding hydrogens is 240 g/mol. The van der Waals surface area contributed by atoms with E-state index < -0.39 is 0 Å². The number of nitrogens with two attached hydrogens (primary N) is 1. The van der Waals surface area contributed by atoms with Crippen molar-refractivity contribution >= 4 is 5.91 Å². The summed E-state index contributed by atoms with van der Waals surface area (Å²) in [7, 11) is 0. The number of morpholine rings is 1. The number of hydrogen-bond acceptors (Lipinski definition) is 3. The summed E-state index contributed by atoms with van der Waals surface area (Å²) in [5, 5.41) is 0. The first-order valence-corrected chi connectivity index (χ1v) is 7.74. The van der Waals surface area contributed by atoms with Crippen molar-refractivity contribution in [3.05, 3.63) is 0 Å². The Labute approximate surface area is 117 Å². The maximum absolute atomic E-state index is 12.9. The predicted octanol–water partition coefficient (Wildman–Crippen LogP) is 2.17. The smallest absolute Gasteiger partial charge is 0.230 e. The van der Waals surface area contributed by atoms with Crippen LogP contribution in [0.25, 0.3) is 0 Å². The van der Waals surface area contributed by atoms with Gasteiger partial charge in [-0.1, -0.05) is 33.6 Å². The molecule has 2 N–H and O–H groups in total. The molecule has 0 aromatic heterocycles. The molecule has 0 bridgehead atoms. The van der Waals surface area contributed by atoms with Crippen LogP contribution in [0.2, 0.25) is 0 Å². The van der Waals surface area contributed by atoms with Crippen molar-refractivity contribution in [1.29, 1.82) is 0 Å². The first-order chi connectivity index (χ1) is 9.13. The van der Waals surface area contributed by atoms with Gasteiger partial charge in [-0.05, 0) is 19.3 Å². The van der Waals surface area contributed by atoms with E-state index in [0.717, 1.165) is 38.6 Å². The number of amides is 1. The fourth-order valence-corrected chi connectivity index (χ4v) is 3.07. The zero-order chi connectivity index (χ0) is 14.3. The fraction of sp³-hybridized carbons (Fsp3) is 0.933. The standard InChI is InChI=1S/C15H30N2O2/c1-4-7-15(12-16,8-5-2)14(18)17-9-10-19-13(6-3)11-17/h13H,4-12,16H2,1-3H3. The molecule has 0 spiro atoms. The number of hydrogen-bond donors (Lipinski definition) is 1. The van der Waals surface area contributed by atoms with E-state index in [4.69, 9.17) is 10.5 Å². The first-order valence-electron chi connectivity index (χ1n) is 7.74. The quantitative estimate of drug-likeness (QED) is 0.771. The number of rotatable bonds is 7. The Morgan fingerprint density at radius 2 is 1.95 bits per heavy atom. The molecule has 4 nitrogen and oxygen atoms in total. The molecule has 0 aliphatic carbocycles. The van der Waals surface area contributed by atoms with Gasteiger partial charge in [0.05, 0.1) is 18.1 Å². The molecule has 0 aromatic rings. The minimum atomic E-state index is -0.348. The highest BCUT2D eigenvalue weighted by atomic mass is 16.5. The molecule has 1 fully saturated rings. The van der Waals surface area contributed by atoms with Crippen LogP contribution in [0.3, 0.4) is 0 Å². The summed E-state index contributed by atoms with van der Waals surface area (Å²) >= 11 is 0. The van der Waals surface area contributed by atoms with Crippen molar-refractivity contribution < 1.29 is 9.53 Å². The second-order valence-corrected chi connectivity index (χ2v) is 5.64. The van der Waals surface area contributed by atoms with Crippen molar-refractivity contribution in [1.82, 2.24) is 4.90 Å². The Morgan fingerprint density at radius 3 is 2.42 bits per heavy atom. The second-order valence-electron chi connectivity index (χ2n) is 5.64. The molecule has 19 heavy (non-hydrogen) atoms. The van der Waals surface area contributed by atoms with Crippen molar-refractivity contribution in [3.8, 4) is 0 Å². The monoisotopic (exact) mass is 270 g/mol. The second kappa shape index (κ2) is 7.85. The summed E-state index contributed by atoms with van der Waals surface area (Å²) in [6.07, 6.45) is 4.95. The van der Waals surface area contributed by atoms with Gasteiger partial charge in [-0.15, -0.1) is 0 Å². The highest BCUT2D eigenvalue weighted by molar-refractivity contribution is 5.83. The Morgan fingerprint density at radius 1 is 1.32 bits per heavy atom. The first kappa shape index (κ1) is 16.4. The zero-order valence-corrected chi connectivity index (χ0v) is 12.8. The topological polar surface area (TPSA) is 55.6 Å². The van der Waals surface area contributed by atoms with E-state index in [9.17, 15) is 4.79 Å². The van der Waals surface area contributed by atoms with Gasteiger partial charge in [-0.3, -0.25) is 4.79 Å². The lowest BCUT2D eigenvalue weighted by atomic mass is 9.77. The normalized spacial score (nSPS) is 20.6. The van der Waals surface area contributed by atoms with E-state index in [2.05, 4.69) is 20.8 Å².